The second-order valence-corrected chi connectivity index (χ2v) is 9.00. The molecule has 0 aliphatic carbocycles. The van der Waals surface area contributed by atoms with Gasteiger partial charge in [0.05, 0.1) is 11.6 Å². The predicted molar refractivity (Wildman–Crippen MR) is 134 cm³/mol. The van der Waals surface area contributed by atoms with Gasteiger partial charge in [0.25, 0.3) is 5.91 Å². The van der Waals surface area contributed by atoms with Crippen molar-refractivity contribution in [2.24, 2.45) is 0 Å². The number of nitrogens with one attached hydrogen (secondary N) is 1. The third-order valence-electron chi connectivity index (χ3n) is 6.41. The SMILES string of the molecule is Cc1cccc(C(=O)Nc2cccc(OC3CCN(C(=O)O)C(C=O)C3)c2)c1-c1ccc(C(F)(F)F)cc1. The van der Waals surface area contributed by atoms with Gasteiger partial charge in [-0.15, -0.1) is 0 Å². The lowest BCUT2D eigenvalue weighted by Gasteiger charge is -2.34. The Balaban J connectivity index is 1.51. The molecule has 2 N–H and O–H groups in total. The second-order valence-electron chi connectivity index (χ2n) is 9.00. The number of nitrogens with zero attached hydrogens (tertiary/aromatic N) is 1. The van der Waals surface area contributed by atoms with E-state index in [1.54, 1.807) is 49.4 Å². The topological polar surface area (TPSA) is 95.9 Å². The molecule has 3 aromatic rings. The molecule has 38 heavy (non-hydrogen) atoms. The minimum Gasteiger partial charge on any atom is -0.490 e. The summed E-state index contributed by atoms with van der Waals surface area (Å²) in [5.74, 6) is -0.00929. The van der Waals surface area contributed by atoms with Crippen molar-refractivity contribution in [2.45, 2.75) is 38.1 Å². The van der Waals surface area contributed by atoms with Crippen molar-refractivity contribution in [3.05, 3.63) is 83.4 Å². The lowest BCUT2D eigenvalue weighted by Crippen LogP contribution is -2.49. The summed E-state index contributed by atoms with van der Waals surface area (Å²) in [7, 11) is 0. The zero-order valence-corrected chi connectivity index (χ0v) is 20.4. The Morgan fingerprint density at radius 2 is 1.79 bits per heavy atom. The number of carboxylic acid groups (broad SMARTS) is 1. The minimum atomic E-state index is -4.46. The molecule has 2 atom stereocenters. The molecule has 7 nitrogen and oxygen atoms in total. The van der Waals surface area contributed by atoms with E-state index in [1.165, 1.54) is 12.1 Å². The third-order valence-corrected chi connectivity index (χ3v) is 6.41. The predicted octanol–water partition coefficient (Wildman–Crippen LogP) is 6.02. The maximum atomic E-state index is 13.2. The van der Waals surface area contributed by atoms with E-state index in [2.05, 4.69) is 5.32 Å². The molecule has 0 aromatic heterocycles. The summed E-state index contributed by atoms with van der Waals surface area (Å²) < 4.78 is 45.0. The Kier molecular flexibility index (Phi) is 7.70. The first kappa shape index (κ1) is 26.7. The molecule has 0 radical (unpaired) electrons. The molecule has 1 aliphatic heterocycles. The van der Waals surface area contributed by atoms with E-state index in [1.807, 2.05) is 0 Å². The highest BCUT2D eigenvalue weighted by molar-refractivity contribution is 6.09. The molecule has 2 amide bonds. The van der Waals surface area contributed by atoms with E-state index in [-0.39, 0.29) is 19.1 Å². The molecule has 1 fully saturated rings. The van der Waals surface area contributed by atoms with Crippen molar-refractivity contribution >= 4 is 24.0 Å². The van der Waals surface area contributed by atoms with Gasteiger partial charge in [-0.1, -0.05) is 30.3 Å². The van der Waals surface area contributed by atoms with Crippen LogP contribution in [0.15, 0.2) is 66.7 Å². The number of rotatable bonds is 6. The summed E-state index contributed by atoms with van der Waals surface area (Å²) in [6, 6.07) is 15.6. The first-order valence-electron chi connectivity index (χ1n) is 11.9. The number of hydrogen-bond donors (Lipinski definition) is 2. The first-order valence-corrected chi connectivity index (χ1v) is 11.9. The molecule has 198 valence electrons. The highest BCUT2D eigenvalue weighted by Crippen LogP contribution is 2.33. The van der Waals surface area contributed by atoms with E-state index in [4.69, 9.17) is 4.74 Å². The Bertz CT molecular complexity index is 1340. The van der Waals surface area contributed by atoms with Crippen molar-refractivity contribution in [3.8, 4) is 16.9 Å². The average molecular weight is 527 g/mol. The Hall–Kier alpha value is -4.34. The fourth-order valence-corrected chi connectivity index (χ4v) is 4.54. The molecule has 1 saturated heterocycles. The summed E-state index contributed by atoms with van der Waals surface area (Å²) in [4.78, 5) is 36.9. The monoisotopic (exact) mass is 526 g/mol. The fourth-order valence-electron chi connectivity index (χ4n) is 4.54. The van der Waals surface area contributed by atoms with Gasteiger partial charge in [-0.25, -0.2) is 4.79 Å². The number of carbonyl (C=O) groups excluding carboxylic acids is 2. The van der Waals surface area contributed by atoms with Gasteiger partial charge in [-0.05, 0) is 53.9 Å². The van der Waals surface area contributed by atoms with Crippen LogP contribution in [0.1, 0.15) is 34.3 Å². The van der Waals surface area contributed by atoms with Crippen LogP contribution in [0.3, 0.4) is 0 Å². The van der Waals surface area contributed by atoms with Crippen LogP contribution in [-0.4, -0.2) is 47.0 Å². The number of halogens is 3. The molecule has 4 rings (SSSR count). The van der Waals surface area contributed by atoms with Gasteiger partial charge in [0.15, 0.2) is 0 Å². The van der Waals surface area contributed by atoms with Crippen LogP contribution in [-0.2, 0) is 11.0 Å². The van der Waals surface area contributed by atoms with E-state index in [0.29, 0.717) is 40.8 Å². The van der Waals surface area contributed by atoms with Gasteiger partial charge in [-0.3, -0.25) is 9.69 Å². The summed E-state index contributed by atoms with van der Waals surface area (Å²) >= 11 is 0. The molecule has 1 heterocycles. The van der Waals surface area contributed by atoms with Crippen LogP contribution in [0.25, 0.3) is 11.1 Å². The molecule has 0 saturated carbocycles. The molecule has 0 bridgehead atoms. The minimum absolute atomic E-state index is 0.167. The highest BCUT2D eigenvalue weighted by Gasteiger charge is 2.32. The van der Waals surface area contributed by atoms with Gasteiger partial charge in [0.1, 0.15) is 18.1 Å². The molecule has 3 aromatic carbocycles. The molecular weight excluding hydrogens is 501 g/mol. The van der Waals surface area contributed by atoms with E-state index < -0.39 is 29.8 Å². The van der Waals surface area contributed by atoms with Crippen molar-refractivity contribution in [2.75, 3.05) is 11.9 Å². The number of anilines is 1. The number of aldehydes is 1. The van der Waals surface area contributed by atoms with Crippen molar-refractivity contribution < 1.29 is 37.4 Å². The fraction of sp³-hybridized carbons (Fsp3) is 0.250. The molecule has 1 aliphatic rings. The number of benzene rings is 3. The van der Waals surface area contributed by atoms with Gasteiger partial charge in [0.2, 0.25) is 0 Å². The van der Waals surface area contributed by atoms with Crippen LogP contribution in [0.2, 0.25) is 0 Å². The zero-order chi connectivity index (χ0) is 27.4. The number of alkyl halides is 3. The number of ether oxygens (including phenoxy) is 1. The van der Waals surface area contributed by atoms with Crippen LogP contribution < -0.4 is 10.1 Å². The average Bonchev–Trinajstić information content (AvgIpc) is 2.88. The Morgan fingerprint density at radius 3 is 2.45 bits per heavy atom. The van der Waals surface area contributed by atoms with Crippen LogP contribution in [0.4, 0.5) is 23.7 Å². The van der Waals surface area contributed by atoms with Crippen LogP contribution in [0.5, 0.6) is 5.75 Å². The molecule has 10 heteroatoms. The van der Waals surface area contributed by atoms with Crippen LogP contribution in [0, 0.1) is 6.92 Å². The lowest BCUT2D eigenvalue weighted by atomic mass is 9.94. The number of aryl methyl sites for hydroxylation is 1. The van der Waals surface area contributed by atoms with Crippen molar-refractivity contribution in [1.29, 1.82) is 0 Å². The first-order chi connectivity index (χ1) is 18.1. The molecule has 2 unspecified atom stereocenters. The maximum Gasteiger partial charge on any atom is 0.416 e. The number of likely N-dealkylation sites (tertiary alicyclic amines) is 1. The smallest absolute Gasteiger partial charge is 0.416 e. The van der Waals surface area contributed by atoms with Gasteiger partial charge < -0.3 is 20.0 Å². The van der Waals surface area contributed by atoms with Crippen molar-refractivity contribution in [3.63, 3.8) is 0 Å². The van der Waals surface area contributed by atoms with Crippen molar-refractivity contribution in [1.82, 2.24) is 4.90 Å². The summed E-state index contributed by atoms with van der Waals surface area (Å²) in [5, 5.41) is 12.0. The van der Waals surface area contributed by atoms with E-state index in [0.717, 1.165) is 22.6 Å². The van der Waals surface area contributed by atoms with Gasteiger partial charge >= 0.3 is 12.3 Å². The zero-order valence-electron chi connectivity index (χ0n) is 20.4. The van der Waals surface area contributed by atoms with E-state index in [9.17, 15) is 32.7 Å². The lowest BCUT2D eigenvalue weighted by molar-refractivity contribution is -0.137. The van der Waals surface area contributed by atoms with Gasteiger partial charge in [0, 0.05) is 36.7 Å². The van der Waals surface area contributed by atoms with E-state index >= 15 is 0 Å². The quantitative estimate of drug-likeness (QED) is 0.383. The third kappa shape index (κ3) is 5.96. The highest BCUT2D eigenvalue weighted by atomic mass is 19.4. The van der Waals surface area contributed by atoms with Gasteiger partial charge in [-0.2, -0.15) is 13.2 Å². The summed E-state index contributed by atoms with van der Waals surface area (Å²) in [6.07, 6.45) is -4.78. The number of hydrogen-bond acceptors (Lipinski definition) is 4. The maximum absolute atomic E-state index is 13.2. The summed E-state index contributed by atoms with van der Waals surface area (Å²) in [6.45, 7) is 1.94. The Labute approximate surface area is 216 Å². The van der Waals surface area contributed by atoms with Crippen LogP contribution >= 0.6 is 0 Å². The number of amides is 2. The normalized spacial score (nSPS) is 17.5. The molecular formula is C28H25F3N2O5. The Morgan fingerprint density at radius 1 is 1.08 bits per heavy atom. The second kappa shape index (κ2) is 11.0. The standard InChI is InChI=1S/C28H25F3N2O5/c1-17-4-2-7-24(25(17)18-8-10-19(11-9-18)28(29,30)31)26(35)32-20-5-3-6-22(14-20)38-23-12-13-33(27(36)37)21(15-23)16-34/h2-11,14,16,21,23H,12-13,15H2,1H3,(H,32,35)(H,36,37). The largest absolute Gasteiger partial charge is 0.490 e. The number of carbonyl (C=O) groups is 3. The summed E-state index contributed by atoms with van der Waals surface area (Å²) in [5.41, 5.74) is 1.69. The number of piperidine rings is 1. The molecule has 0 spiro atoms.